The van der Waals surface area contributed by atoms with E-state index < -0.39 is 0 Å². The zero-order chi connectivity index (χ0) is 16.8. The Morgan fingerprint density at radius 3 is 2.58 bits per heavy atom. The Morgan fingerprint density at radius 2 is 1.88 bits per heavy atom. The molecule has 24 heavy (non-hydrogen) atoms. The lowest BCUT2D eigenvalue weighted by Gasteiger charge is -2.25. The van der Waals surface area contributed by atoms with E-state index in [2.05, 4.69) is 34.1 Å². The van der Waals surface area contributed by atoms with Gasteiger partial charge in [-0.3, -0.25) is 9.80 Å². The summed E-state index contributed by atoms with van der Waals surface area (Å²) in [5.41, 5.74) is 1.33. The van der Waals surface area contributed by atoms with Gasteiger partial charge in [0.05, 0.1) is 6.10 Å². The lowest BCUT2D eigenvalue weighted by atomic mass is 10.1. The second-order valence-corrected chi connectivity index (χ2v) is 7.39. The minimum Gasteiger partial charge on any atom is -0.492 e. The van der Waals surface area contributed by atoms with Crippen molar-refractivity contribution >= 4 is 0 Å². The van der Waals surface area contributed by atoms with Gasteiger partial charge < -0.3 is 9.84 Å². The highest BCUT2D eigenvalue weighted by Crippen LogP contribution is 2.24. The van der Waals surface area contributed by atoms with Crippen molar-refractivity contribution in [3.05, 3.63) is 29.8 Å². The maximum atomic E-state index is 9.65. The quantitative estimate of drug-likeness (QED) is 0.794. The third-order valence-electron chi connectivity index (χ3n) is 5.30. The number of hydrogen-bond acceptors (Lipinski definition) is 4. The summed E-state index contributed by atoms with van der Waals surface area (Å²) in [6.45, 7) is 8.29. The van der Waals surface area contributed by atoms with Crippen LogP contribution in [0.5, 0.6) is 5.75 Å². The van der Waals surface area contributed by atoms with E-state index in [0.29, 0.717) is 6.04 Å². The summed E-state index contributed by atoms with van der Waals surface area (Å²) in [5, 5.41) is 9.65. The van der Waals surface area contributed by atoms with Gasteiger partial charge >= 0.3 is 0 Å². The van der Waals surface area contributed by atoms with Gasteiger partial charge in [-0.25, -0.2) is 0 Å². The molecule has 0 bridgehead atoms. The number of rotatable bonds is 8. The van der Waals surface area contributed by atoms with Crippen molar-refractivity contribution in [2.45, 2.75) is 57.7 Å². The number of hydrogen-bond donors (Lipinski definition) is 1. The van der Waals surface area contributed by atoms with Crippen LogP contribution in [0.4, 0.5) is 0 Å². The van der Waals surface area contributed by atoms with Gasteiger partial charge in [0, 0.05) is 19.1 Å². The molecule has 0 radical (unpaired) electrons. The van der Waals surface area contributed by atoms with Crippen LogP contribution in [0.3, 0.4) is 0 Å². The van der Waals surface area contributed by atoms with Crippen LogP contribution in [-0.4, -0.2) is 59.8 Å². The predicted molar refractivity (Wildman–Crippen MR) is 97.3 cm³/mol. The molecule has 4 nitrogen and oxygen atoms in total. The molecule has 0 amide bonds. The maximum absolute atomic E-state index is 9.65. The zero-order valence-corrected chi connectivity index (χ0v) is 15.0. The molecule has 3 rings (SSSR count). The third-order valence-corrected chi connectivity index (χ3v) is 5.30. The highest BCUT2D eigenvalue weighted by atomic mass is 16.5. The van der Waals surface area contributed by atoms with E-state index in [1.807, 2.05) is 6.92 Å². The molecular weight excluding hydrogens is 300 g/mol. The average Bonchev–Trinajstić information content (AvgIpc) is 3.21. The summed E-state index contributed by atoms with van der Waals surface area (Å²) in [4.78, 5) is 4.99. The summed E-state index contributed by atoms with van der Waals surface area (Å²) < 4.78 is 5.88. The fourth-order valence-electron chi connectivity index (χ4n) is 3.99. The molecule has 2 aliphatic rings. The Morgan fingerprint density at radius 1 is 1.12 bits per heavy atom. The van der Waals surface area contributed by atoms with Gasteiger partial charge in [0.15, 0.2) is 0 Å². The van der Waals surface area contributed by atoms with E-state index in [0.717, 1.165) is 38.4 Å². The first kappa shape index (κ1) is 17.7. The van der Waals surface area contributed by atoms with Crippen LogP contribution in [0.15, 0.2) is 24.3 Å². The highest BCUT2D eigenvalue weighted by molar-refractivity contribution is 5.27. The van der Waals surface area contributed by atoms with Gasteiger partial charge in [0.25, 0.3) is 0 Å². The minimum absolute atomic E-state index is 0.206. The van der Waals surface area contributed by atoms with Gasteiger partial charge in [-0.15, -0.1) is 0 Å². The van der Waals surface area contributed by atoms with Crippen LogP contribution >= 0.6 is 0 Å². The number of aliphatic hydroxyl groups excluding tert-OH is 1. The molecule has 0 aromatic heterocycles. The van der Waals surface area contributed by atoms with Crippen LogP contribution in [0.25, 0.3) is 0 Å². The first-order valence-electron chi connectivity index (χ1n) is 9.57. The second kappa shape index (κ2) is 8.84. The van der Waals surface area contributed by atoms with Crippen LogP contribution in [0.1, 0.15) is 44.6 Å². The smallest absolute Gasteiger partial charge is 0.119 e. The molecule has 0 aliphatic carbocycles. The van der Waals surface area contributed by atoms with Gasteiger partial charge in [0.2, 0.25) is 0 Å². The standard InChI is InChI=1S/C20H32N2O2/c1-17(23)15-19-5-4-12-22(19)16-18-6-8-20(9-7-18)24-14-13-21-10-2-3-11-21/h6-9,17,19,23H,2-5,10-16H2,1H3. The Labute approximate surface area is 146 Å². The van der Waals surface area contributed by atoms with Gasteiger partial charge in [-0.05, 0) is 76.4 Å². The molecule has 2 saturated heterocycles. The van der Waals surface area contributed by atoms with Gasteiger partial charge in [-0.2, -0.15) is 0 Å². The molecule has 0 spiro atoms. The fourth-order valence-corrected chi connectivity index (χ4v) is 3.99. The van der Waals surface area contributed by atoms with Crippen molar-refractivity contribution in [2.75, 3.05) is 32.8 Å². The molecule has 2 aliphatic heterocycles. The molecule has 2 fully saturated rings. The van der Waals surface area contributed by atoms with Crippen molar-refractivity contribution < 1.29 is 9.84 Å². The van der Waals surface area contributed by atoms with Crippen LogP contribution < -0.4 is 4.74 Å². The van der Waals surface area contributed by atoms with E-state index in [1.165, 1.54) is 44.3 Å². The number of ether oxygens (including phenoxy) is 1. The molecule has 1 N–H and O–H groups in total. The summed E-state index contributed by atoms with van der Waals surface area (Å²) in [6, 6.07) is 9.09. The minimum atomic E-state index is -0.206. The van der Waals surface area contributed by atoms with E-state index in [1.54, 1.807) is 0 Å². The molecule has 4 heteroatoms. The van der Waals surface area contributed by atoms with Crippen LogP contribution in [-0.2, 0) is 6.54 Å². The summed E-state index contributed by atoms with van der Waals surface area (Å²) in [7, 11) is 0. The SMILES string of the molecule is CC(O)CC1CCCN1Cc1ccc(OCCN2CCCC2)cc1. The first-order chi connectivity index (χ1) is 11.7. The summed E-state index contributed by atoms with van der Waals surface area (Å²) in [6.07, 6.45) is 5.81. The van der Waals surface area contributed by atoms with Crippen molar-refractivity contribution in [3.63, 3.8) is 0 Å². The third kappa shape index (κ3) is 5.20. The van der Waals surface area contributed by atoms with E-state index in [4.69, 9.17) is 4.74 Å². The monoisotopic (exact) mass is 332 g/mol. The van der Waals surface area contributed by atoms with Crippen LogP contribution in [0, 0.1) is 0 Å². The Balaban J connectivity index is 1.43. The van der Waals surface area contributed by atoms with E-state index in [9.17, 15) is 5.11 Å². The lowest BCUT2D eigenvalue weighted by molar-refractivity contribution is 0.131. The Kier molecular flexibility index (Phi) is 6.52. The topological polar surface area (TPSA) is 35.9 Å². The normalized spacial score (nSPS) is 23.7. The van der Waals surface area contributed by atoms with E-state index >= 15 is 0 Å². The maximum Gasteiger partial charge on any atom is 0.119 e. The van der Waals surface area contributed by atoms with Crippen molar-refractivity contribution in [1.29, 1.82) is 0 Å². The molecule has 134 valence electrons. The summed E-state index contributed by atoms with van der Waals surface area (Å²) in [5.74, 6) is 0.972. The molecule has 1 aromatic carbocycles. The molecule has 2 atom stereocenters. The highest BCUT2D eigenvalue weighted by Gasteiger charge is 2.25. The fraction of sp³-hybridized carbons (Fsp3) is 0.700. The van der Waals surface area contributed by atoms with Gasteiger partial charge in [0.1, 0.15) is 12.4 Å². The van der Waals surface area contributed by atoms with Crippen molar-refractivity contribution in [2.24, 2.45) is 0 Å². The second-order valence-electron chi connectivity index (χ2n) is 7.39. The average molecular weight is 332 g/mol. The lowest BCUT2D eigenvalue weighted by Crippen LogP contribution is -2.31. The molecule has 2 heterocycles. The summed E-state index contributed by atoms with van der Waals surface area (Å²) >= 11 is 0. The number of aliphatic hydroxyl groups is 1. The molecular formula is C20H32N2O2. The van der Waals surface area contributed by atoms with Gasteiger partial charge in [-0.1, -0.05) is 12.1 Å². The van der Waals surface area contributed by atoms with Crippen molar-refractivity contribution in [1.82, 2.24) is 9.80 Å². The number of likely N-dealkylation sites (tertiary alicyclic amines) is 2. The predicted octanol–water partition coefficient (Wildman–Crippen LogP) is 2.90. The van der Waals surface area contributed by atoms with Crippen LogP contribution in [0.2, 0.25) is 0 Å². The Hall–Kier alpha value is -1.10. The Bertz CT molecular complexity index is 483. The molecule has 2 unspecified atom stereocenters. The zero-order valence-electron chi connectivity index (χ0n) is 15.0. The number of benzene rings is 1. The largest absolute Gasteiger partial charge is 0.492 e. The first-order valence-corrected chi connectivity index (χ1v) is 9.57. The van der Waals surface area contributed by atoms with E-state index in [-0.39, 0.29) is 6.10 Å². The number of nitrogens with zero attached hydrogens (tertiary/aromatic N) is 2. The molecule has 1 aromatic rings. The van der Waals surface area contributed by atoms with Crippen molar-refractivity contribution in [3.8, 4) is 5.75 Å². The molecule has 0 saturated carbocycles.